The van der Waals surface area contributed by atoms with E-state index in [-0.39, 0.29) is 18.3 Å². The Bertz CT molecular complexity index is 1050. The molecule has 1 heterocycles. The van der Waals surface area contributed by atoms with Crippen molar-refractivity contribution in [3.63, 3.8) is 0 Å². The Balaban J connectivity index is 2.08. The van der Waals surface area contributed by atoms with Crippen LogP contribution in [0.3, 0.4) is 0 Å². The van der Waals surface area contributed by atoms with E-state index in [0.717, 1.165) is 27.7 Å². The van der Waals surface area contributed by atoms with Crippen LogP contribution in [0.25, 0.3) is 28.1 Å². The standard InChI is InChI=1S/C24H26FNO4/c1-15(2)26-21-6-4-3-5-20(21)24(16-7-9-17(25)10-8-16)22(26)12-11-18(27)13-19(28)14-23(29)30/h3-12,15,18-19,27-28H,13-14H2,1-2H3,(H,29,30)/b12-11+/t18-,19?/m1/s1. The first-order valence-electron chi connectivity index (χ1n) is 9.93. The number of aromatic nitrogens is 1. The number of aliphatic hydroxyl groups excluding tert-OH is 2. The van der Waals surface area contributed by atoms with E-state index in [1.165, 1.54) is 12.1 Å². The molecule has 3 rings (SSSR count). The maximum absolute atomic E-state index is 13.5. The van der Waals surface area contributed by atoms with Gasteiger partial charge in [-0.05, 0) is 43.7 Å². The van der Waals surface area contributed by atoms with Crippen molar-refractivity contribution < 1.29 is 24.5 Å². The molecular weight excluding hydrogens is 385 g/mol. The molecule has 3 aromatic rings. The first-order chi connectivity index (χ1) is 14.3. The third-order valence-electron chi connectivity index (χ3n) is 5.00. The molecule has 0 aliphatic carbocycles. The third-order valence-corrected chi connectivity index (χ3v) is 5.00. The summed E-state index contributed by atoms with van der Waals surface area (Å²) in [6.45, 7) is 4.12. The predicted molar refractivity (Wildman–Crippen MR) is 116 cm³/mol. The van der Waals surface area contributed by atoms with Crippen molar-refractivity contribution in [1.29, 1.82) is 0 Å². The molecule has 1 unspecified atom stereocenters. The van der Waals surface area contributed by atoms with E-state index in [0.29, 0.717) is 0 Å². The maximum atomic E-state index is 13.5. The average molecular weight is 411 g/mol. The van der Waals surface area contributed by atoms with Crippen molar-refractivity contribution in [3.8, 4) is 11.1 Å². The van der Waals surface area contributed by atoms with Gasteiger partial charge >= 0.3 is 5.97 Å². The summed E-state index contributed by atoms with van der Waals surface area (Å²) < 4.78 is 15.6. The number of fused-ring (bicyclic) bond motifs is 1. The molecule has 30 heavy (non-hydrogen) atoms. The molecule has 0 fully saturated rings. The molecule has 3 N–H and O–H groups in total. The van der Waals surface area contributed by atoms with Crippen molar-refractivity contribution >= 4 is 22.9 Å². The van der Waals surface area contributed by atoms with Gasteiger partial charge in [-0.15, -0.1) is 0 Å². The highest BCUT2D eigenvalue weighted by atomic mass is 19.1. The number of para-hydroxylation sites is 1. The number of carbonyl (C=O) groups is 1. The van der Waals surface area contributed by atoms with E-state index >= 15 is 0 Å². The lowest BCUT2D eigenvalue weighted by Crippen LogP contribution is -2.19. The van der Waals surface area contributed by atoms with Crippen LogP contribution >= 0.6 is 0 Å². The lowest BCUT2D eigenvalue weighted by atomic mass is 10.0. The molecule has 158 valence electrons. The fourth-order valence-corrected chi connectivity index (χ4v) is 3.77. The van der Waals surface area contributed by atoms with Gasteiger partial charge in [-0.2, -0.15) is 0 Å². The summed E-state index contributed by atoms with van der Waals surface area (Å²) >= 11 is 0. The topological polar surface area (TPSA) is 82.7 Å². The van der Waals surface area contributed by atoms with Crippen molar-refractivity contribution in [2.24, 2.45) is 0 Å². The number of rotatable bonds is 8. The van der Waals surface area contributed by atoms with Gasteiger partial charge in [0, 0.05) is 34.6 Å². The van der Waals surface area contributed by atoms with Crippen molar-refractivity contribution in [3.05, 3.63) is 66.1 Å². The van der Waals surface area contributed by atoms with Gasteiger partial charge in [0.1, 0.15) is 5.82 Å². The normalized spacial score (nSPS) is 13.9. The average Bonchev–Trinajstić information content (AvgIpc) is 3.00. The Morgan fingerprint density at radius 1 is 1.10 bits per heavy atom. The molecule has 1 aromatic heterocycles. The number of hydrogen-bond donors (Lipinski definition) is 3. The Hall–Kier alpha value is -2.96. The molecule has 0 radical (unpaired) electrons. The fourth-order valence-electron chi connectivity index (χ4n) is 3.77. The third kappa shape index (κ3) is 4.78. The van der Waals surface area contributed by atoms with Crippen LogP contribution in [0.2, 0.25) is 0 Å². The monoisotopic (exact) mass is 411 g/mol. The molecule has 0 aliphatic rings. The van der Waals surface area contributed by atoms with Crippen LogP contribution in [0.15, 0.2) is 54.6 Å². The zero-order chi connectivity index (χ0) is 21.8. The zero-order valence-corrected chi connectivity index (χ0v) is 17.0. The first kappa shape index (κ1) is 21.7. The van der Waals surface area contributed by atoms with Crippen molar-refractivity contribution in [2.75, 3.05) is 0 Å². The first-order valence-corrected chi connectivity index (χ1v) is 9.93. The Morgan fingerprint density at radius 3 is 2.40 bits per heavy atom. The summed E-state index contributed by atoms with van der Waals surface area (Å²) in [5.41, 5.74) is 3.65. The molecule has 2 atom stereocenters. The Morgan fingerprint density at radius 2 is 1.77 bits per heavy atom. The summed E-state index contributed by atoms with van der Waals surface area (Å²) in [4.78, 5) is 10.7. The van der Waals surface area contributed by atoms with E-state index in [1.807, 2.05) is 24.3 Å². The minimum atomic E-state index is -1.13. The van der Waals surface area contributed by atoms with Gasteiger partial charge in [0.05, 0.1) is 18.6 Å². The number of carboxylic acids is 1. The van der Waals surface area contributed by atoms with Crippen LogP contribution in [0, 0.1) is 5.82 Å². The molecule has 0 amide bonds. The van der Waals surface area contributed by atoms with Gasteiger partial charge in [0.15, 0.2) is 0 Å². The molecule has 0 aliphatic heterocycles. The number of hydrogen-bond acceptors (Lipinski definition) is 3. The van der Waals surface area contributed by atoms with Gasteiger partial charge in [-0.1, -0.05) is 36.4 Å². The minimum absolute atomic E-state index is 0.0728. The number of aliphatic hydroxyl groups is 2. The summed E-state index contributed by atoms with van der Waals surface area (Å²) in [5.74, 6) is -1.43. The highest BCUT2D eigenvalue weighted by Crippen LogP contribution is 2.38. The van der Waals surface area contributed by atoms with Crippen molar-refractivity contribution in [2.45, 2.75) is 44.9 Å². The van der Waals surface area contributed by atoms with Crippen LogP contribution in [0.4, 0.5) is 4.39 Å². The second-order valence-electron chi connectivity index (χ2n) is 7.66. The lowest BCUT2D eigenvalue weighted by Gasteiger charge is -2.15. The van der Waals surface area contributed by atoms with E-state index in [4.69, 9.17) is 5.11 Å². The lowest BCUT2D eigenvalue weighted by molar-refractivity contribution is -0.139. The SMILES string of the molecule is CC(C)n1c(/C=C/[C@@H](O)CC(O)CC(=O)O)c(-c2ccc(F)cc2)c2ccccc21. The molecular formula is C24H26FNO4. The number of aliphatic carboxylic acids is 1. The predicted octanol–water partition coefficient (Wildman–Crippen LogP) is 4.63. The maximum Gasteiger partial charge on any atom is 0.305 e. The van der Waals surface area contributed by atoms with E-state index in [2.05, 4.69) is 18.4 Å². The number of nitrogens with zero attached hydrogens (tertiary/aromatic N) is 1. The highest BCUT2D eigenvalue weighted by Gasteiger charge is 2.19. The summed E-state index contributed by atoms with van der Waals surface area (Å²) in [7, 11) is 0. The van der Waals surface area contributed by atoms with E-state index in [9.17, 15) is 19.4 Å². The van der Waals surface area contributed by atoms with Crippen LogP contribution in [0.5, 0.6) is 0 Å². The van der Waals surface area contributed by atoms with E-state index < -0.39 is 24.6 Å². The Labute approximate surface area is 174 Å². The molecule has 0 saturated carbocycles. The van der Waals surface area contributed by atoms with Crippen LogP contribution in [-0.2, 0) is 4.79 Å². The highest BCUT2D eigenvalue weighted by molar-refractivity contribution is 6.01. The molecule has 0 saturated heterocycles. The van der Waals surface area contributed by atoms with Gasteiger partial charge in [-0.3, -0.25) is 4.79 Å². The summed E-state index contributed by atoms with van der Waals surface area (Å²) in [6.07, 6.45) is 0.727. The largest absolute Gasteiger partial charge is 0.481 e. The molecule has 0 bridgehead atoms. The number of benzene rings is 2. The van der Waals surface area contributed by atoms with E-state index in [1.54, 1.807) is 24.3 Å². The van der Waals surface area contributed by atoms with Crippen molar-refractivity contribution in [1.82, 2.24) is 4.57 Å². The number of halogens is 1. The summed E-state index contributed by atoms with van der Waals surface area (Å²) in [5, 5.41) is 29.9. The number of carboxylic acid groups (broad SMARTS) is 1. The van der Waals surface area contributed by atoms with Gasteiger partial charge in [0.2, 0.25) is 0 Å². The zero-order valence-electron chi connectivity index (χ0n) is 17.0. The minimum Gasteiger partial charge on any atom is -0.481 e. The van der Waals surface area contributed by atoms with Gasteiger partial charge in [0.25, 0.3) is 0 Å². The fraction of sp³-hybridized carbons (Fsp3) is 0.292. The molecule has 5 nitrogen and oxygen atoms in total. The second-order valence-corrected chi connectivity index (χ2v) is 7.66. The second kappa shape index (κ2) is 9.24. The van der Waals surface area contributed by atoms with Crippen LogP contribution in [0.1, 0.15) is 38.4 Å². The van der Waals surface area contributed by atoms with Crippen LogP contribution < -0.4 is 0 Å². The van der Waals surface area contributed by atoms with Gasteiger partial charge < -0.3 is 19.9 Å². The quantitative estimate of drug-likeness (QED) is 0.505. The van der Waals surface area contributed by atoms with Crippen LogP contribution in [-0.4, -0.2) is 38.1 Å². The molecule has 2 aromatic carbocycles. The molecule has 6 heteroatoms. The molecule has 0 spiro atoms. The summed E-state index contributed by atoms with van der Waals surface area (Å²) in [6, 6.07) is 14.4. The van der Waals surface area contributed by atoms with Gasteiger partial charge in [-0.25, -0.2) is 4.39 Å². The smallest absolute Gasteiger partial charge is 0.305 e. The Kier molecular flexibility index (Phi) is 6.70.